The van der Waals surface area contributed by atoms with Crippen molar-refractivity contribution in [3.05, 3.63) is 28.8 Å². The maximum Gasteiger partial charge on any atom is 0.319 e. The average molecular weight is 267 g/mol. The quantitative estimate of drug-likeness (QED) is 0.831. The minimum Gasteiger partial charge on any atom is -0.335 e. The molecule has 0 unspecified atom stereocenters. The Hall–Kier alpha value is -1.22. The van der Waals surface area contributed by atoms with Crippen molar-refractivity contribution in [2.45, 2.75) is 45.1 Å². The van der Waals surface area contributed by atoms with Gasteiger partial charge in [0.05, 0.1) is 10.7 Å². The van der Waals surface area contributed by atoms with E-state index in [1.54, 1.807) is 0 Å². The third-order valence-corrected chi connectivity index (χ3v) is 3.63. The fraction of sp³-hybridized carbons (Fsp3) is 0.500. The van der Waals surface area contributed by atoms with Crippen LogP contribution in [-0.4, -0.2) is 12.1 Å². The topological polar surface area (TPSA) is 41.1 Å². The SMILES string of the molecule is Cc1ccc(NC(=O)NC2CCCCC2)c(Cl)c1. The second-order valence-corrected chi connectivity index (χ2v) is 5.32. The molecule has 0 saturated heterocycles. The van der Waals surface area contributed by atoms with Crippen LogP contribution in [0.2, 0.25) is 5.02 Å². The lowest BCUT2D eigenvalue weighted by atomic mass is 9.96. The van der Waals surface area contributed by atoms with Gasteiger partial charge in [-0.25, -0.2) is 4.79 Å². The molecule has 1 saturated carbocycles. The lowest BCUT2D eigenvalue weighted by molar-refractivity contribution is 0.244. The summed E-state index contributed by atoms with van der Waals surface area (Å²) in [6, 6.07) is 5.76. The van der Waals surface area contributed by atoms with Gasteiger partial charge >= 0.3 is 6.03 Å². The summed E-state index contributed by atoms with van der Waals surface area (Å²) in [5.41, 5.74) is 1.74. The number of amides is 2. The van der Waals surface area contributed by atoms with Crippen LogP contribution in [0.15, 0.2) is 18.2 Å². The van der Waals surface area contributed by atoms with Crippen molar-refractivity contribution in [1.29, 1.82) is 0 Å². The molecule has 0 atom stereocenters. The first-order chi connectivity index (χ1) is 8.65. The number of carbonyl (C=O) groups is 1. The largest absolute Gasteiger partial charge is 0.335 e. The molecule has 1 fully saturated rings. The summed E-state index contributed by atoms with van der Waals surface area (Å²) in [6.45, 7) is 1.97. The molecule has 0 spiro atoms. The zero-order valence-electron chi connectivity index (χ0n) is 10.6. The van der Waals surface area contributed by atoms with E-state index in [1.165, 1.54) is 19.3 Å². The molecular formula is C14H19ClN2O. The number of carbonyl (C=O) groups excluding carboxylic acids is 1. The van der Waals surface area contributed by atoms with Gasteiger partial charge in [0.25, 0.3) is 0 Å². The van der Waals surface area contributed by atoms with Crippen LogP contribution in [-0.2, 0) is 0 Å². The lowest BCUT2D eigenvalue weighted by Gasteiger charge is -2.23. The Kier molecular flexibility index (Phi) is 4.48. The van der Waals surface area contributed by atoms with Gasteiger partial charge in [-0.3, -0.25) is 0 Å². The van der Waals surface area contributed by atoms with Crippen LogP contribution in [0.1, 0.15) is 37.7 Å². The lowest BCUT2D eigenvalue weighted by Crippen LogP contribution is -2.39. The maximum absolute atomic E-state index is 11.8. The van der Waals surface area contributed by atoms with Gasteiger partial charge in [-0.1, -0.05) is 36.9 Å². The van der Waals surface area contributed by atoms with Crippen molar-refractivity contribution in [2.24, 2.45) is 0 Å². The van der Waals surface area contributed by atoms with Gasteiger partial charge in [0.15, 0.2) is 0 Å². The van der Waals surface area contributed by atoms with Crippen LogP contribution in [0.3, 0.4) is 0 Å². The van der Waals surface area contributed by atoms with Crippen LogP contribution >= 0.6 is 11.6 Å². The Bertz CT molecular complexity index is 428. The van der Waals surface area contributed by atoms with Crippen LogP contribution in [0.4, 0.5) is 10.5 Å². The summed E-state index contributed by atoms with van der Waals surface area (Å²) >= 11 is 6.07. The van der Waals surface area contributed by atoms with Crippen LogP contribution in [0.5, 0.6) is 0 Å². The fourth-order valence-electron chi connectivity index (χ4n) is 2.31. The number of rotatable bonds is 2. The highest BCUT2D eigenvalue weighted by molar-refractivity contribution is 6.33. The molecular weight excluding hydrogens is 248 g/mol. The summed E-state index contributed by atoms with van der Waals surface area (Å²) < 4.78 is 0. The predicted molar refractivity (Wildman–Crippen MR) is 75.2 cm³/mol. The van der Waals surface area contributed by atoms with Crippen molar-refractivity contribution >= 4 is 23.3 Å². The van der Waals surface area contributed by atoms with Crippen LogP contribution < -0.4 is 10.6 Å². The van der Waals surface area contributed by atoms with Crippen molar-refractivity contribution in [1.82, 2.24) is 5.32 Å². The molecule has 98 valence electrons. The third kappa shape index (κ3) is 3.64. The summed E-state index contributed by atoms with van der Waals surface area (Å²) in [4.78, 5) is 11.8. The van der Waals surface area contributed by atoms with Crippen LogP contribution in [0, 0.1) is 6.92 Å². The summed E-state index contributed by atoms with van der Waals surface area (Å²) in [5, 5.41) is 6.38. The Morgan fingerprint density at radius 2 is 2.00 bits per heavy atom. The molecule has 1 aliphatic rings. The molecule has 1 aromatic carbocycles. The molecule has 4 heteroatoms. The maximum atomic E-state index is 11.8. The smallest absolute Gasteiger partial charge is 0.319 e. The Morgan fingerprint density at radius 3 is 2.67 bits per heavy atom. The number of halogens is 1. The minimum absolute atomic E-state index is 0.160. The zero-order valence-corrected chi connectivity index (χ0v) is 11.4. The first-order valence-electron chi connectivity index (χ1n) is 6.49. The Balaban J connectivity index is 1.90. The van der Waals surface area contributed by atoms with Crippen LogP contribution in [0.25, 0.3) is 0 Å². The molecule has 0 bridgehead atoms. The van der Waals surface area contributed by atoms with Gasteiger partial charge in [-0.2, -0.15) is 0 Å². The number of benzene rings is 1. The highest BCUT2D eigenvalue weighted by atomic mass is 35.5. The van der Waals surface area contributed by atoms with E-state index in [1.807, 2.05) is 25.1 Å². The van der Waals surface area contributed by atoms with Crippen molar-refractivity contribution < 1.29 is 4.79 Å². The van der Waals surface area contributed by atoms with Gasteiger partial charge < -0.3 is 10.6 Å². The molecule has 1 aliphatic carbocycles. The molecule has 18 heavy (non-hydrogen) atoms. The standard InChI is InChI=1S/C14H19ClN2O/c1-10-7-8-13(12(15)9-10)17-14(18)16-11-5-3-2-4-6-11/h7-9,11H,2-6H2,1H3,(H2,16,17,18). The summed E-state index contributed by atoms with van der Waals surface area (Å²) in [6.07, 6.45) is 5.85. The van der Waals surface area contributed by atoms with E-state index in [0.29, 0.717) is 16.8 Å². The summed E-state index contributed by atoms with van der Waals surface area (Å²) in [5.74, 6) is 0. The number of anilines is 1. The van der Waals surface area contributed by atoms with E-state index in [4.69, 9.17) is 11.6 Å². The molecule has 0 aromatic heterocycles. The predicted octanol–water partition coefficient (Wildman–Crippen LogP) is 4.10. The van der Waals surface area contributed by atoms with E-state index < -0.39 is 0 Å². The number of nitrogens with one attached hydrogen (secondary N) is 2. The Morgan fingerprint density at radius 1 is 1.28 bits per heavy atom. The first-order valence-corrected chi connectivity index (χ1v) is 6.86. The van der Waals surface area contributed by atoms with Crippen molar-refractivity contribution in [3.63, 3.8) is 0 Å². The average Bonchev–Trinajstić information content (AvgIpc) is 2.34. The van der Waals surface area contributed by atoms with Gasteiger partial charge in [0.1, 0.15) is 0 Å². The highest BCUT2D eigenvalue weighted by Gasteiger charge is 2.15. The molecule has 1 aromatic rings. The fourth-order valence-corrected chi connectivity index (χ4v) is 2.59. The highest BCUT2D eigenvalue weighted by Crippen LogP contribution is 2.23. The zero-order chi connectivity index (χ0) is 13.0. The monoisotopic (exact) mass is 266 g/mol. The number of hydrogen-bond donors (Lipinski definition) is 2. The molecule has 2 amide bonds. The van der Waals surface area contributed by atoms with E-state index >= 15 is 0 Å². The molecule has 0 radical (unpaired) electrons. The Labute approximate surface area is 113 Å². The normalized spacial score (nSPS) is 16.3. The number of aryl methyl sites for hydroxylation is 1. The third-order valence-electron chi connectivity index (χ3n) is 3.31. The van der Waals surface area contributed by atoms with Gasteiger partial charge in [-0.15, -0.1) is 0 Å². The molecule has 2 rings (SSSR count). The number of hydrogen-bond acceptors (Lipinski definition) is 1. The van der Waals surface area contributed by atoms with Gasteiger partial charge in [0, 0.05) is 6.04 Å². The second-order valence-electron chi connectivity index (χ2n) is 4.92. The number of urea groups is 1. The molecule has 3 nitrogen and oxygen atoms in total. The minimum atomic E-state index is -0.160. The van der Waals surface area contributed by atoms with Gasteiger partial charge in [-0.05, 0) is 37.5 Å². The first kappa shape index (κ1) is 13.2. The molecule has 0 aliphatic heterocycles. The van der Waals surface area contributed by atoms with E-state index in [0.717, 1.165) is 18.4 Å². The molecule has 2 N–H and O–H groups in total. The van der Waals surface area contributed by atoms with E-state index in [9.17, 15) is 4.79 Å². The molecule has 0 heterocycles. The van der Waals surface area contributed by atoms with Crippen molar-refractivity contribution in [3.8, 4) is 0 Å². The van der Waals surface area contributed by atoms with E-state index in [2.05, 4.69) is 10.6 Å². The second kappa shape index (κ2) is 6.10. The summed E-state index contributed by atoms with van der Waals surface area (Å²) in [7, 11) is 0. The van der Waals surface area contributed by atoms with Crippen molar-refractivity contribution in [2.75, 3.05) is 5.32 Å². The van der Waals surface area contributed by atoms with E-state index in [-0.39, 0.29) is 6.03 Å². The van der Waals surface area contributed by atoms with Gasteiger partial charge in [0.2, 0.25) is 0 Å².